The van der Waals surface area contributed by atoms with Crippen molar-refractivity contribution in [2.24, 2.45) is 0 Å². The standard InChI is InChI=1S/C21H18F3N5O3/c1-13(30)20-18(29-19(31)11-26-10-16-5-6-25-12-28-16)8-15(9-27-20)14-3-2-4-17(7-14)32-21(22,23)24/h2-9,12,26H,10-11H2,1H3,(H,29,31). The molecule has 0 saturated heterocycles. The van der Waals surface area contributed by atoms with Crippen molar-refractivity contribution >= 4 is 17.4 Å². The number of carbonyl (C=O) groups excluding carboxylic acids is 2. The molecule has 0 aliphatic heterocycles. The zero-order chi connectivity index (χ0) is 23.1. The van der Waals surface area contributed by atoms with Crippen LogP contribution in [-0.2, 0) is 11.3 Å². The summed E-state index contributed by atoms with van der Waals surface area (Å²) in [6, 6.07) is 8.47. The fourth-order valence-corrected chi connectivity index (χ4v) is 2.79. The molecule has 0 radical (unpaired) electrons. The van der Waals surface area contributed by atoms with Crippen LogP contribution in [-0.4, -0.2) is 39.5 Å². The lowest BCUT2D eigenvalue weighted by Crippen LogP contribution is -2.28. The Morgan fingerprint density at radius 1 is 1.09 bits per heavy atom. The number of carbonyl (C=O) groups is 2. The topological polar surface area (TPSA) is 106 Å². The molecule has 3 aromatic rings. The van der Waals surface area contributed by atoms with Gasteiger partial charge < -0.3 is 15.4 Å². The number of pyridine rings is 1. The van der Waals surface area contributed by atoms with E-state index in [0.717, 1.165) is 0 Å². The molecule has 0 bridgehead atoms. The van der Waals surface area contributed by atoms with Crippen molar-refractivity contribution in [3.63, 3.8) is 0 Å². The lowest BCUT2D eigenvalue weighted by atomic mass is 10.1. The summed E-state index contributed by atoms with van der Waals surface area (Å²) in [7, 11) is 0. The van der Waals surface area contributed by atoms with Crippen LogP contribution < -0.4 is 15.4 Å². The Kier molecular flexibility index (Phi) is 7.11. The van der Waals surface area contributed by atoms with Crippen LogP contribution in [0.2, 0.25) is 0 Å². The lowest BCUT2D eigenvalue weighted by molar-refractivity contribution is -0.274. The number of nitrogens with zero attached hydrogens (tertiary/aromatic N) is 3. The second-order valence-corrected chi connectivity index (χ2v) is 6.60. The van der Waals surface area contributed by atoms with Gasteiger partial charge in [-0.1, -0.05) is 12.1 Å². The third-order valence-corrected chi connectivity index (χ3v) is 4.13. The van der Waals surface area contributed by atoms with Gasteiger partial charge in [-0.15, -0.1) is 13.2 Å². The largest absolute Gasteiger partial charge is 0.573 e. The van der Waals surface area contributed by atoms with Gasteiger partial charge in [0, 0.05) is 31.4 Å². The first-order valence-electron chi connectivity index (χ1n) is 9.34. The highest BCUT2D eigenvalue weighted by atomic mass is 19.4. The summed E-state index contributed by atoms with van der Waals surface area (Å²) in [5.74, 6) is -1.21. The van der Waals surface area contributed by atoms with Crippen molar-refractivity contribution in [1.82, 2.24) is 20.3 Å². The monoisotopic (exact) mass is 445 g/mol. The summed E-state index contributed by atoms with van der Waals surface area (Å²) < 4.78 is 41.4. The number of hydrogen-bond donors (Lipinski definition) is 2. The summed E-state index contributed by atoms with van der Waals surface area (Å²) in [5.41, 5.74) is 1.63. The Morgan fingerprint density at radius 3 is 2.59 bits per heavy atom. The van der Waals surface area contributed by atoms with Gasteiger partial charge in [0.2, 0.25) is 5.91 Å². The predicted octanol–water partition coefficient (Wildman–Crippen LogP) is 3.37. The number of rotatable bonds is 8. The number of hydrogen-bond acceptors (Lipinski definition) is 7. The molecule has 166 valence electrons. The number of alkyl halides is 3. The van der Waals surface area contributed by atoms with Gasteiger partial charge in [-0.05, 0) is 29.8 Å². The quantitative estimate of drug-likeness (QED) is 0.512. The number of nitrogens with one attached hydrogen (secondary N) is 2. The van der Waals surface area contributed by atoms with Crippen molar-refractivity contribution in [1.29, 1.82) is 0 Å². The van der Waals surface area contributed by atoms with Gasteiger partial charge in [-0.3, -0.25) is 14.6 Å². The second-order valence-electron chi connectivity index (χ2n) is 6.60. The van der Waals surface area contributed by atoms with Crippen molar-refractivity contribution in [2.45, 2.75) is 19.8 Å². The zero-order valence-electron chi connectivity index (χ0n) is 16.8. The molecule has 0 saturated carbocycles. The number of anilines is 1. The summed E-state index contributed by atoms with van der Waals surface area (Å²) in [6.07, 6.45) is -0.517. The average Bonchev–Trinajstić information content (AvgIpc) is 2.73. The van der Waals surface area contributed by atoms with E-state index in [0.29, 0.717) is 23.4 Å². The number of Topliss-reactive ketones (excluding diaryl/α,β-unsaturated/α-hetero) is 1. The highest BCUT2D eigenvalue weighted by Gasteiger charge is 2.31. The smallest absolute Gasteiger partial charge is 0.406 e. The molecule has 0 aliphatic rings. The van der Waals surface area contributed by atoms with Crippen LogP contribution in [0.1, 0.15) is 23.1 Å². The molecule has 11 heteroatoms. The number of amides is 1. The third kappa shape index (κ3) is 6.57. The first-order valence-corrected chi connectivity index (χ1v) is 9.34. The Morgan fingerprint density at radius 2 is 1.91 bits per heavy atom. The van der Waals surface area contributed by atoms with Crippen LogP contribution in [0.3, 0.4) is 0 Å². The van der Waals surface area contributed by atoms with E-state index in [9.17, 15) is 22.8 Å². The molecular formula is C21H18F3N5O3. The summed E-state index contributed by atoms with van der Waals surface area (Å²) >= 11 is 0. The van der Waals surface area contributed by atoms with Gasteiger partial charge in [-0.2, -0.15) is 0 Å². The fraction of sp³-hybridized carbons (Fsp3) is 0.190. The van der Waals surface area contributed by atoms with E-state index in [1.54, 1.807) is 18.3 Å². The van der Waals surface area contributed by atoms with Gasteiger partial charge in [0.1, 0.15) is 17.8 Å². The van der Waals surface area contributed by atoms with Gasteiger partial charge in [0.15, 0.2) is 5.78 Å². The molecule has 32 heavy (non-hydrogen) atoms. The number of aromatic nitrogens is 3. The molecule has 0 spiro atoms. The highest BCUT2D eigenvalue weighted by Crippen LogP contribution is 2.29. The molecule has 0 aliphatic carbocycles. The van der Waals surface area contributed by atoms with E-state index >= 15 is 0 Å². The zero-order valence-corrected chi connectivity index (χ0v) is 16.8. The molecule has 1 amide bonds. The van der Waals surface area contributed by atoms with Crippen molar-refractivity contribution < 1.29 is 27.5 Å². The van der Waals surface area contributed by atoms with Crippen LogP contribution in [0, 0.1) is 0 Å². The number of benzene rings is 1. The van der Waals surface area contributed by atoms with Crippen molar-refractivity contribution in [3.05, 3.63) is 66.5 Å². The minimum atomic E-state index is -4.83. The Hall–Kier alpha value is -3.86. The van der Waals surface area contributed by atoms with E-state index < -0.39 is 18.0 Å². The van der Waals surface area contributed by atoms with E-state index in [1.165, 1.54) is 43.7 Å². The SMILES string of the molecule is CC(=O)c1ncc(-c2cccc(OC(F)(F)F)c2)cc1NC(=O)CNCc1ccncn1. The lowest BCUT2D eigenvalue weighted by Gasteiger charge is -2.13. The maximum atomic E-state index is 12.5. The van der Waals surface area contributed by atoms with Crippen molar-refractivity contribution in [3.8, 4) is 16.9 Å². The minimum absolute atomic E-state index is 0.0283. The minimum Gasteiger partial charge on any atom is -0.406 e. The highest BCUT2D eigenvalue weighted by molar-refractivity contribution is 6.03. The predicted molar refractivity (Wildman–Crippen MR) is 109 cm³/mol. The first-order chi connectivity index (χ1) is 15.2. The molecule has 3 rings (SSSR count). The van der Waals surface area contributed by atoms with Crippen LogP contribution in [0.15, 0.2) is 55.1 Å². The molecular weight excluding hydrogens is 427 g/mol. The summed E-state index contributed by atoms with van der Waals surface area (Å²) in [5, 5.41) is 5.53. The molecule has 2 aromatic heterocycles. The molecule has 0 atom stereocenters. The molecule has 2 heterocycles. The van der Waals surface area contributed by atoms with E-state index in [4.69, 9.17) is 0 Å². The summed E-state index contributed by atoms with van der Waals surface area (Å²) in [6.45, 7) is 1.56. The maximum absolute atomic E-state index is 12.5. The van der Waals surface area contributed by atoms with E-state index in [-0.39, 0.29) is 23.7 Å². The fourth-order valence-electron chi connectivity index (χ4n) is 2.79. The average molecular weight is 445 g/mol. The Bertz CT molecular complexity index is 1110. The van der Waals surface area contributed by atoms with E-state index in [2.05, 4.69) is 30.3 Å². The Labute approximate surface area is 180 Å². The van der Waals surface area contributed by atoms with E-state index in [1.807, 2.05) is 0 Å². The normalized spacial score (nSPS) is 11.1. The first kappa shape index (κ1) is 22.8. The van der Waals surface area contributed by atoms with Gasteiger partial charge in [-0.25, -0.2) is 9.97 Å². The number of halogens is 3. The molecule has 1 aromatic carbocycles. The molecule has 8 nitrogen and oxygen atoms in total. The van der Waals surface area contributed by atoms with Crippen LogP contribution in [0.25, 0.3) is 11.1 Å². The Balaban J connectivity index is 1.75. The van der Waals surface area contributed by atoms with Gasteiger partial charge >= 0.3 is 6.36 Å². The van der Waals surface area contributed by atoms with Gasteiger partial charge in [0.05, 0.1) is 17.9 Å². The molecule has 0 fully saturated rings. The molecule has 2 N–H and O–H groups in total. The van der Waals surface area contributed by atoms with Crippen LogP contribution in [0.5, 0.6) is 5.75 Å². The maximum Gasteiger partial charge on any atom is 0.573 e. The van der Waals surface area contributed by atoms with Gasteiger partial charge in [0.25, 0.3) is 0 Å². The van der Waals surface area contributed by atoms with Crippen LogP contribution >= 0.6 is 0 Å². The van der Waals surface area contributed by atoms with Crippen molar-refractivity contribution in [2.75, 3.05) is 11.9 Å². The number of ketones is 1. The second kappa shape index (κ2) is 9.96. The summed E-state index contributed by atoms with van der Waals surface area (Å²) in [4.78, 5) is 36.2. The third-order valence-electron chi connectivity index (χ3n) is 4.13. The molecule has 0 unspecified atom stereocenters. The van der Waals surface area contributed by atoms with Crippen LogP contribution in [0.4, 0.5) is 18.9 Å². The number of ether oxygens (including phenoxy) is 1.